The van der Waals surface area contributed by atoms with Gasteiger partial charge in [-0.3, -0.25) is 14.9 Å². The molecule has 0 aliphatic heterocycles. The van der Waals surface area contributed by atoms with E-state index in [9.17, 15) is 14.9 Å². The normalized spacial score (nSPS) is 11.9. The highest BCUT2D eigenvalue weighted by atomic mass is 79.9. The van der Waals surface area contributed by atoms with Crippen molar-refractivity contribution in [3.8, 4) is 0 Å². The minimum Gasteiger partial charge on any atom is -0.481 e. The molecule has 0 saturated heterocycles. The van der Waals surface area contributed by atoms with E-state index < -0.39 is 10.9 Å². The van der Waals surface area contributed by atoms with Crippen LogP contribution in [-0.2, 0) is 4.79 Å². The molecular weight excluding hydrogens is 342 g/mol. The predicted octanol–water partition coefficient (Wildman–Crippen LogP) is 3.45. The van der Waals surface area contributed by atoms with E-state index in [0.29, 0.717) is 17.4 Å². The highest BCUT2D eigenvalue weighted by Crippen LogP contribution is 2.25. The van der Waals surface area contributed by atoms with Crippen molar-refractivity contribution >= 4 is 33.4 Å². The highest BCUT2D eigenvalue weighted by molar-refractivity contribution is 9.10. The number of hydrogen-bond donors (Lipinski definition) is 2. The molecule has 1 aromatic heterocycles. The monoisotopic (exact) mass is 359 g/mol. The van der Waals surface area contributed by atoms with Gasteiger partial charge in [0.25, 0.3) is 0 Å². The average molecular weight is 360 g/mol. The van der Waals surface area contributed by atoms with E-state index in [2.05, 4.69) is 26.2 Å². The second-order valence-electron chi connectivity index (χ2n) is 4.70. The highest BCUT2D eigenvalue weighted by Gasteiger charge is 2.16. The first-order valence-corrected chi connectivity index (χ1v) is 7.49. The molecular formula is C13H18BrN3O4. The number of nitro groups is 1. The smallest absolute Gasteiger partial charge is 0.312 e. The van der Waals surface area contributed by atoms with Gasteiger partial charge in [0.05, 0.1) is 4.92 Å². The van der Waals surface area contributed by atoms with Crippen LogP contribution >= 0.6 is 15.9 Å². The largest absolute Gasteiger partial charge is 0.481 e. The molecule has 21 heavy (non-hydrogen) atoms. The third-order valence-electron chi connectivity index (χ3n) is 3.22. The van der Waals surface area contributed by atoms with Crippen LogP contribution in [0.25, 0.3) is 0 Å². The third kappa shape index (κ3) is 6.07. The molecule has 8 heteroatoms. The summed E-state index contributed by atoms with van der Waals surface area (Å²) in [5.41, 5.74) is -0.0806. The maximum absolute atomic E-state index is 10.9. The topological polar surface area (TPSA) is 105 Å². The Balaban J connectivity index is 2.55. The van der Waals surface area contributed by atoms with E-state index in [-0.39, 0.29) is 23.8 Å². The number of nitrogens with one attached hydrogen (secondary N) is 1. The number of carboxylic acids is 1. The van der Waals surface area contributed by atoms with Crippen molar-refractivity contribution in [2.24, 2.45) is 5.92 Å². The first-order chi connectivity index (χ1) is 9.93. The summed E-state index contributed by atoms with van der Waals surface area (Å²) in [6, 6.07) is 1.40. The van der Waals surface area contributed by atoms with Crippen LogP contribution in [0.3, 0.4) is 0 Å². The number of halogens is 1. The first-order valence-electron chi connectivity index (χ1n) is 6.69. The van der Waals surface area contributed by atoms with Crippen LogP contribution in [0.15, 0.2) is 16.7 Å². The Morgan fingerprint density at radius 1 is 1.57 bits per heavy atom. The zero-order valence-electron chi connectivity index (χ0n) is 11.7. The second kappa shape index (κ2) is 8.56. The van der Waals surface area contributed by atoms with E-state index in [1.807, 2.05) is 6.92 Å². The van der Waals surface area contributed by atoms with Crippen LogP contribution in [-0.4, -0.2) is 27.5 Å². The number of aromatic nitrogens is 1. The van der Waals surface area contributed by atoms with Gasteiger partial charge in [-0.2, -0.15) is 0 Å². The van der Waals surface area contributed by atoms with Gasteiger partial charge in [-0.15, -0.1) is 0 Å². The van der Waals surface area contributed by atoms with Crippen LogP contribution in [0.4, 0.5) is 11.5 Å². The molecule has 1 aromatic rings. The molecule has 1 atom stereocenters. The molecule has 1 heterocycles. The van der Waals surface area contributed by atoms with Crippen molar-refractivity contribution in [3.05, 3.63) is 26.9 Å². The SMILES string of the molecule is CCC(CCNc1ncc(Br)cc1[N+](=O)[O-])CCC(=O)O. The molecule has 1 unspecified atom stereocenters. The lowest BCUT2D eigenvalue weighted by Gasteiger charge is -2.14. The van der Waals surface area contributed by atoms with E-state index in [4.69, 9.17) is 5.11 Å². The second-order valence-corrected chi connectivity index (χ2v) is 5.62. The first kappa shape index (κ1) is 17.4. The molecule has 0 aliphatic carbocycles. The molecule has 7 nitrogen and oxygen atoms in total. The summed E-state index contributed by atoms with van der Waals surface area (Å²) in [4.78, 5) is 25.0. The molecule has 0 aromatic carbocycles. The van der Waals surface area contributed by atoms with Crippen LogP contribution in [0.2, 0.25) is 0 Å². The summed E-state index contributed by atoms with van der Waals surface area (Å²) in [6.07, 6.45) is 3.89. The molecule has 116 valence electrons. The zero-order valence-corrected chi connectivity index (χ0v) is 13.3. The van der Waals surface area contributed by atoms with Crippen LogP contribution in [0.5, 0.6) is 0 Å². The zero-order chi connectivity index (χ0) is 15.8. The van der Waals surface area contributed by atoms with E-state index in [1.165, 1.54) is 12.3 Å². The minimum absolute atomic E-state index is 0.0806. The molecule has 0 radical (unpaired) electrons. The van der Waals surface area contributed by atoms with Crippen LogP contribution < -0.4 is 5.32 Å². The Labute approximate surface area is 131 Å². The van der Waals surface area contributed by atoms with Gasteiger partial charge in [0.1, 0.15) is 0 Å². The van der Waals surface area contributed by atoms with Gasteiger partial charge in [-0.25, -0.2) is 4.98 Å². The van der Waals surface area contributed by atoms with E-state index >= 15 is 0 Å². The van der Waals surface area contributed by atoms with Crippen molar-refractivity contribution in [2.45, 2.75) is 32.6 Å². The predicted molar refractivity (Wildman–Crippen MR) is 82.3 cm³/mol. The molecule has 2 N–H and O–H groups in total. The Morgan fingerprint density at radius 2 is 2.29 bits per heavy atom. The lowest BCUT2D eigenvalue weighted by molar-refractivity contribution is -0.384. The van der Waals surface area contributed by atoms with Crippen LogP contribution in [0.1, 0.15) is 32.6 Å². The van der Waals surface area contributed by atoms with Gasteiger partial charge in [-0.1, -0.05) is 13.3 Å². The molecule has 0 amide bonds. The maximum atomic E-state index is 10.9. The minimum atomic E-state index is -0.799. The molecule has 0 bridgehead atoms. The lowest BCUT2D eigenvalue weighted by Crippen LogP contribution is -2.12. The summed E-state index contributed by atoms with van der Waals surface area (Å²) < 4.78 is 0.549. The number of rotatable bonds is 9. The standard InChI is InChI=1S/C13H18BrN3O4/c1-2-9(3-4-12(18)19)5-6-15-13-11(17(20)21)7-10(14)8-16-13/h7-9H,2-6H2,1H3,(H,15,16)(H,18,19). The maximum Gasteiger partial charge on any atom is 0.312 e. The van der Waals surface area contributed by atoms with Gasteiger partial charge < -0.3 is 10.4 Å². The number of nitrogens with zero attached hydrogens (tertiary/aromatic N) is 2. The molecule has 0 fully saturated rings. The lowest BCUT2D eigenvalue weighted by atomic mass is 9.97. The summed E-state index contributed by atoms with van der Waals surface area (Å²) in [5, 5.41) is 22.6. The Hall–Kier alpha value is -1.70. The fourth-order valence-corrected chi connectivity index (χ4v) is 2.30. The number of aliphatic carboxylic acids is 1. The van der Waals surface area contributed by atoms with Crippen LogP contribution in [0, 0.1) is 16.0 Å². The summed E-state index contributed by atoms with van der Waals surface area (Å²) >= 11 is 3.15. The number of pyridine rings is 1. The number of hydrogen-bond acceptors (Lipinski definition) is 5. The molecule has 0 saturated carbocycles. The average Bonchev–Trinajstić information content (AvgIpc) is 2.43. The van der Waals surface area contributed by atoms with Crippen molar-refractivity contribution in [1.29, 1.82) is 0 Å². The van der Waals surface area contributed by atoms with Gasteiger partial charge in [0.2, 0.25) is 5.82 Å². The summed E-state index contributed by atoms with van der Waals surface area (Å²) in [6.45, 7) is 2.53. The molecule has 0 aliphatic rings. The number of carbonyl (C=O) groups is 1. The van der Waals surface area contributed by atoms with E-state index in [1.54, 1.807) is 0 Å². The van der Waals surface area contributed by atoms with Crippen molar-refractivity contribution in [1.82, 2.24) is 4.98 Å². The fourth-order valence-electron chi connectivity index (χ4n) is 1.98. The van der Waals surface area contributed by atoms with Gasteiger partial charge in [-0.05, 0) is 34.7 Å². The fraction of sp³-hybridized carbons (Fsp3) is 0.538. The molecule has 0 spiro atoms. The van der Waals surface area contributed by atoms with Crippen molar-refractivity contribution < 1.29 is 14.8 Å². The Kier molecular flexibility index (Phi) is 7.07. The van der Waals surface area contributed by atoms with Gasteiger partial charge in [0, 0.05) is 29.7 Å². The number of anilines is 1. The number of carboxylic acid groups (broad SMARTS) is 1. The van der Waals surface area contributed by atoms with Gasteiger partial charge in [0.15, 0.2) is 0 Å². The Bertz CT molecular complexity index is 510. The van der Waals surface area contributed by atoms with Gasteiger partial charge >= 0.3 is 11.7 Å². The van der Waals surface area contributed by atoms with Crippen molar-refractivity contribution in [3.63, 3.8) is 0 Å². The summed E-state index contributed by atoms with van der Waals surface area (Å²) in [5.74, 6) is -0.286. The quantitative estimate of drug-likeness (QED) is 0.516. The summed E-state index contributed by atoms with van der Waals surface area (Å²) in [7, 11) is 0. The van der Waals surface area contributed by atoms with E-state index in [0.717, 1.165) is 12.8 Å². The third-order valence-corrected chi connectivity index (χ3v) is 3.65. The molecule has 1 rings (SSSR count). The Morgan fingerprint density at radius 3 is 2.86 bits per heavy atom. The van der Waals surface area contributed by atoms with Crippen molar-refractivity contribution in [2.75, 3.05) is 11.9 Å².